The van der Waals surface area contributed by atoms with Crippen molar-refractivity contribution >= 4 is 22.1 Å². The van der Waals surface area contributed by atoms with Gasteiger partial charge in [-0.15, -0.1) is 0 Å². The SMILES string of the molecule is NS(=O)(=O)c1ccc(OCCOC(=O)/C=C/c2cccc(C(F)(F)F)c2)cc1. The van der Waals surface area contributed by atoms with Crippen LogP contribution in [0.4, 0.5) is 13.2 Å². The number of primary sulfonamides is 1. The van der Waals surface area contributed by atoms with E-state index < -0.39 is 27.7 Å². The Morgan fingerprint density at radius 1 is 1.07 bits per heavy atom. The maximum Gasteiger partial charge on any atom is 0.416 e. The molecule has 2 aromatic rings. The fourth-order valence-electron chi connectivity index (χ4n) is 2.06. The van der Waals surface area contributed by atoms with E-state index in [1.165, 1.54) is 42.5 Å². The number of ether oxygens (including phenoxy) is 2. The molecule has 10 heteroatoms. The molecule has 2 N–H and O–H groups in total. The first kappa shape index (κ1) is 21.5. The van der Waals surface area contributed by atoms with Gasteiger partial charge in [-0.1, -0.05) is 12.1 Å². The second-order valence-corrected chi connectivity index (χ2v) is 7.05. The van der Waals surface area contributed by atoms with Crippen molar-refractivity contribution < 1.29 is 35.9 Å². The Hall–Kier alpha value is -2.85. The predicted molar refractivity (Wildman–Crippen MR) is 94.7 cm³/mol. The molecule has 0 atom stereocenters. The zero-order valence-corrected chi connectivity index (χ0v) is 15.2. The van der Waals surface area contributed by atoms with Gasteiger partial charge in [-0.25, -0.2) is 18.4 Å². The van der Waals surface area contributed by atoms with Crippen molar-refractivity contribution in [2.75, 3.05) is 13.2 Å². The van der Waals surface area contributed by atoms with Gasteiger partial charge in [0.15, 0.2) is 0 Å². The lowest BCUT2D eigenvalue weighted by atomic mass is 10.1. The summed E-state index contributed by atoms with van der Waals surface area (Å²) in [5.41, 5.74) is -0.608. The molecule has 2 aromatic carbocycles. The third-order valence-corrected chi connectivity index (χ3v) is 4.30. The van der Waals surface area contributed by atoms with Gasteiger partial charge in [0, 0.05) is 6.08 Å². The lowest BCUT2D eigenvalue weighted by Crippen LogP contribution is -2.12. The van der Waals surface area contributed by atoms with Gasteiger partial charge < -0.3 is 9.47 Å². The molecule has 0 amide bonds. The van der Waals surface area contributed by atoms with E-state index in [-0.39, 0.29) is 23.7 Å². The first-order chi connectivity index (χ1) is 13.1. The first-order valence-electron chi connectivity index (χ1n) is 7.83. The highest BCUT2D eigenvalue weighted by Gasteiger charge is 2.30. The summed E-state index contributed by atoms with van der Waals surface area (Å²) in [5, 5.41) is 4.97. The topological polar surface area (TPSA) is 95.7 Å². The molecule has 2 rings (SSSR count). The Labute approximate surface area is 159 Å². The van der Waals surface area contributed by atoms with Gasteiger partial charge in [-0.05, 0) is 48.0 Å². The summed E-state index contributed by atoms with van der Waals surface area (Å²) in [7, 11) is -3.79. The molecule has 0 bridgehead atoms. The van der Waals surface area contributed by atoms with Crippen LogP contribution in [0.25, 0.3) is 6.08 Å². The van der Waals surface area contributed by atoms with Crippen LogP contribution in [0.15, 0.2) is 59.5 Å². The van der Waals surface area contributed by atoms with Crippen LogP contribution in [0.3, 0.4) is 0 Å². The zero-order chi connectivity index (χ0) is 20.8. The number of benzene rings is 2. The molecule has 0 saturated heterocycles. The Bertz CT molecular complexity index is 954. The maximum atomic E-state index is 12.6. The molecular formula is C18H16F3NO5S. The van der Waals surface area contributed by atoms with Crippen LogP contribution in [0.1, 0.15) is 11.1 Å². The molecular weight excluding hydrogens is 399 g/mol. The number of nitrogens with two attached hydrogens (primary N) is 1. The molecule has 6 nitrogen and oxygen atoms in total. The summed E-state index contributed by atoms with van der Waals surface area (Å²) in [4.78, 5) is 11.5. The van der Waals surface area contributed by atoms with Crippen molar-refractivity contribution in [2.45, 2.75) is 11.1 Å². The molecule has 0 aliphatic rings. The third-order valence-electron chi connectivity index (χ3n) is 3.37. The van der Waals surface area contributed by atoms with Gasteiger partial charge >= 0.3 is 12.1 Å². The number of rotatable bonds is 7. The Balaban J connectivity index is 1.79. The van der Waals surface area contributed by atoms with E-state index in [4.69, 9.17) is 14.6 Å². The highest BCUT2D eigenvalue weighted by Crippen LogP contribution is 2.29. The standard InChI is InChI=1S/C18H16F3NO5S/c19-18(20,21)14-3-1-2-13(12-14)4-9-17(23)27-11-10-26-15-5-7-16(8-6-15)28(22,24)25/h1-9,12H,10-11H2,(H2,22,24,25)/b9-4+. The number of halogens is 3. The molecule has 0 spiro atoms. The first-order valence-corrected chi connectivity index (χ1v) is 9.38. The summed E-state index contributed by atoms with van der Waals surface area (Å²) in [6, 6.07) is 9.85. The van der Waals surface area contributed by atoms with E-state index in [0.29, 0.717) is 5.75 Å². The number of alkyl halides is 3. The van der Waals surface area contributed by atoms with Crippen molar-refractivity contribution in [1.29, 1.82) is 0 Å². The van der Waals surface area contributed by atoms with Crippen molar-refractivity contribution in [2.24, 2.45) is 5.14 Å². The van der Waals surface area contributed by atoms with Crippen LogP contribution >= 0.6 is 0 Å². The van der Waals surface area contributed by atoms with Crippen molar-refractivity contribution in [3.05, 3.63) is 65.7 Å². The normalized spacial score (nSPS) is 12.1. The average molecular weight is 415 g/mol. The minimum absolute atomic E-state index is 0.00212. The average Bonchev–Trinajstić information content (AvgIpc) is 2.63. The zero-order valence-electron chi connectivity index (χ0n) is 14.3. The quantitative estimate of drug-likeness (QED) is 0.426. The third kappa shape index (κ3) is 6.71. The smallest absolute Gasteiger partial charge is 0.416 e. The van der Waals surface area contributed by atoms with Gasteiger partial charge in [0.25, 0.3) is 0 Å². The number of carbonyl (C=O) groups is 1. The van der Waals surface area contributed by atoms with Crippen LogP contribution in [-0.4, -0.2) is 27.6 Å². The lowest BCUT2D eigenvalue weighted by molar-refractivity contribution is -0.138. The van der Waals surface area contributed by atoms with E-state index in [9.17, 15) is 26.4 Å². The number of hydrogen-bond acceptors (Lipinski definition) is 5. The molecule has 0 fully saturated rings. The Morgan fingerprint density at radius 2 is 1.75 bits per heavy atom. The van der Waals surface area contributed by atoms with E-state index in [0.717, 1.165) is 18.2 Å². The van der Waals surface area contributed by atoms with Crippen molar-refractivity contribution in [3.8, 4) is 5.75 Å². The van der Waals surface area contributed by atoms with E-state index in [1.54, 1.807) is 0 Å². The van der Waals surface area contributed by atoms with Crippen LogP contribution in [0.2, 0.25) is 0 Å². The summed E-state index contributed by atoms with van der Waals surface area (Å²) in [6.07, 6.45) is -2.24. The minimum Gasteiger partial charge on any atom is -0.490 e. The molecule has 0 saturated carbocycles. The van der Waals surface area contributed by atoms with Crippen molar-refractivity contribution in [1.82, 2.24) is 0 Å². The summed E-state index contributed by atoms with van der Waals surface area (Å²) in [5.74, 6) is -0.395. The summed E-state index contributed by atoms with van der Waals surface area (Å²) >= 11 is 0. The molecule has 0 aliphatic heterocycles. The molecule has 0 radical (unpaired) electrons. The van der Waals surface area contributed by atoms with E-state index >= 15 is 0 Å². The number of hydrogen-bond donors (Lipinski definition) is 1. The van der Waals surface area contributed by atoms with Gasteiger partial charge in [-0.2, -0.15) is 13.2 Å². The summed E-state index contributed by atoms with van der Waals surface area (Å²) in [6.45, 7) is -0.111. The van der Waals surface area contributed by atoms with Gasteiger partial charge in [0.05, 0.1) is 10.5 Å². The molecule has 150 valence electrons. The fourth-order valence-corrected chi connectivity index (χ4v) is 2.57. The molecule has 0 heterocycles. The van der Waals surface area contributed by atoms with Gasteiger partial charge in [0.1, 0.15) is 19.0 Å². The van der Waals surface area contributed by atoms with Crippen LogP contribution in [-0.2, 0) is 25.7 Å². The fraction of sp³-hybridized carbons (Fsp3) is 0.167. The van der Waals surface area contributed by atoms with E-state index in [2.05, 4.69) is 0 Å². The van der Waals surface area contributed by atoms with Gasteiger partial charge in [0.2, 0.25) is 10.0 Å². The predicted octanol–water partition coefficient (Wildman–Crippen LogP) is 2.99. The van der Waals surface area contributed by atoms with Crippen LogP contribution in [0.5, 0.6) is 5.75 Å². The number of carbonyl (C=O) groups excluding carboxylic acids is 1. The highest BCUT2D eigenvalue weighted by atomic mass is 32.2. The second kappa shape index (κ2) is 8.89. The largest absolute Gasteiger partial charge is 0.490 e. The number of esters is 1. The molecule has 0 aliphatic carbocycles. The monoisotopic (exact) mass is 415 g/mol. The lowest BCUT2D eigenvalue weighted by Gasteiger charge is -2.07. The minimum atomic E-state index is -4.46. The Morgan fingerprint density at radius 3 is 2.36 bits per heavy atom. The molecule has 0 unspecified atom stereocenters. The van der Waals surface area contributed by atoms with Gasteiger partial charge in [-0.3, -0.25) is 0 Å². The van der Waals surface area contributed by atoms with Crippen LogP contribution in [0, 0.1) is 0 Å². The second-order valence-electron chi connectivity index (χ2n) is 5.49. The maximum absolute atomic E-state index is 12.6. The summed E-state index contributed by atoms with van der Waals surface area (Å²) < 4.78 is 70.3. The molecule has 28 heavy (non-hydrogen) atoms. The van der Waals surface area contributed by atoms with Crippen molar-refractivity contribution in [3.63, 3.8) is 0 Å². The van der Waals surface area contributed by atoms with E-state index in [1.807, 2.05) is 0 Å². The highest BCUT2D eigenvalue weighted by molar-refractivity contribution is 7.89. The Kier molecular flexibility index (Phi) is 6.81. The molecule has 0 aromatic heterocycles. The van der Waals surface area contributed by atoms with Crippen LogP contribution < -0.4 is 9.88 Å². The number of sulfonamides is 1.